The Morgan fingerprint density at radius 3 is 2.38 bits per heavy atom. The molecule has 0 aromatic heterocycles. The maximum Gasteiger partial charge on any atom is 0.239 e. The van der Waals surface area contributed by atoms with E-state index in [-0.39, 0.29) is 36.4 Å². The molecule has 1 amide bonds. The van der Waals surface area contributed by atoms with Crippen molar-refractivity contribution >= 4 is 35.8 Å². The van der Waals surface area contributed by atoms with Crippen molar-refractivity contribution in [2.24, 2.45) is 4.99 Å². The van der Waals surface area contributed by atoms with Crippen molar-refractivity contribution < 1.29 is 14.3 Å². The molecule has 0 fully saturated rings. The quantitative estimate of drug-likeness (QED) is 0.274. The minimum absolute atomic E-state index is 0. The number of hydrogen-bond acceptors (Lipinski definition) is 4. The molecule has 0 atom stereocenters. The van der Waals surface area contributed by atoms with Gasteiger partial charge in [-0.3, -0.25) is 9.79 Å². The van der Waals surface area contributed by atoms with E-state index in [1.165, 1.54) is 0 Å². The summed E-state index contributed by atoms with van der Waals surface area (Å²) in [5.41, 5.74) is 2.03. The van der Waals surface area contributed by atoms with E-state index in [1.807, 2.05) is 55.5 Å². The molecular formula is C21H29IN4O3. The van der Waals surface area contributed by atoms with Crippen LogP contribution < -0.4 is 25.4 Å². The van der Waals surface area contributed by atoms with Gasteiger partial charge >= 0.3 is 0 Å². The molecule has 29 heavy (non-hydrogen) atoms. The van der Waals surface area contributed by atoms with E-state index in [4.69, 9.17) is 9.47 Å². The van der Waals surface area contributed by atoms with Gasteiger partial charge in [-0.25, -0.2) is 0 Å². The molecule has 7 nitrogen and oxygen atoms in total. The lowest BCUT2D eigenvalue weighted by atomic mass is 10.2. The number of para-hydroxylation sites is 1. The Kier molecular flexibility index (Phi) is 11.6. The van der Waals surface area contributed by atoms with E-state index in [0.29, 0.717) is 25.7 Å². The Morgan fingerprint density at radius 1 is 1.00 bits per heavy atom. The zero-order valence-corrected chi connectivity index (χ0v) is 19.4. The van der Waals surface area contributed by atoms with Crippen LogP contribution >= 0.6 is 24.0 Å². The molecule has 0 unspecified atom stereocenters. The molecule has 0 bridgehead atoms. The van der Waals surface area contributed by atoms with Gasteiger partial charge in [0.05, 0.1) is 20.3 Å². The first-order valence-corrected chi connectivity index (χ1v) is 9.21. The predicted molar refractivity (Wildman–Crippen MR) is 126 cm³/mol. The molecule has 0 radical (unpaired) electrons. The number of amides is 1. The molecule has 158 valence electrons. The Bertz CT molecular complexity index is 782. The number of methoxy groups -OCH3 is 1. The Hall–Kier alpha value is -2.49. The van der Waals surface area contributed by atoms with Gasteiger partial charge in [0.1, 0.15) is 11.5 Å². The molecule has 0 aliphatic carbocycles. The molecular weight excluding hydrogens is 483 g/mol. The van der Waals surface area contributed by atoms with Gasteiger partial charge in [-0.05, 0) is 30.7 Å². The van der Waals surface area contributed by atoms with Crippen molar-refractivity contribution in [1.29, 1.82) is 0 Å². The first-order chi connectivity index (χ1) is 13.7. The fourth-order valence-corrected chi connectivity index (χ4v) is 2.52. The normalized spacial score (nSPS) is 10.5. The molecule has 0 heterocycles. The third-order valence-corrected chi connectivity index (χ3v) is 4.01. The molecule has 8 heteroatoms. The Labute approximate surface area is 189 Å². The monoisotopic (exact) mass is 512 g/mol. The maximum absolute atomic E-state index is 12.1. The van der Waals surface area contributed by atoms with E-state index in [1.54, 1.807) is 14.2 Å². The highest BCUT2D eigenvalue weighted by molar-refractivity contribution is 14.0. The van der Waals surface area contributed by atoms with E-state index in [9.17, 15) is 4.79 Å². The van der Waals surface area contributed by atoms with Crippen LogP contribution in [0.1, 0.15) is 18.1 Å². The van der Waals surface area contributed by atoms with Crippen molar-refractivity contribution in [2.75, 3.05) is 27.3 Å². The zero-order valence-electron chi connectivity index (χ0n) is 17.0. The number of halogens is 1. The second-order valence-electron chi connectivity index (χ2n) is 5.94. The van der Waals surface area contributed by atoms with Gasteiger partial charge in [-0.2, -0.15) is 0 Å². The van der Waals surface area contributed by atoms with Gasteiger partial charge in [0.25, 0.3) is 0 Å². The highest BCUT2D eigenvalue weighted by atomic mass is 127. The van der Waals surface area contributed by atoms with Crippen molar-refractivity contribution in [3.05, 3.63) is 59.7 Å². The van der Waals surface area contributed by atoms with Gasteiger partial charge in [-0.1, -0.05) is 30.3 Å². The number of aliphatic imine (C=N–C) groups is 1. The average Bonchev–Trinajstić information content (AvgIpc) is 2.74. The summed E-state index contributed by atoms with van der Waals surface area (Å²) in [6.45, 7) is 3.69. The summed E-state index contributed by atoms with van der Waals surface area (Å²) in [6.07, 6.45) is 0. The number of ether oxygens (including phenoxy) is 2. The number of guanidine groups is 1. The summed E-state index contributed by atoms with van der Waals surface area (Å²) < 4.78 is 10.7. The Morgan fingerprint density at radius 2 is 1.72 bits per heavy atom. The van der Waals surface area contributed by atoms with Crippen molar-refractivity contribution in [2.45, 2.75) is 20.0 Å². The third-order valence-electron chi connectivity index (χ3n) is 4.01. The first kappa shape index (κ1) is 24.5. The molecule has 3 N–H and O–H groups in total. The minimum Gasteiger partial charge on any atom is -0.497 e. The number of nitrogens with one attached hydrogen (secondary N) is 3. The maximum atomic E-state index is 12.1. The number of carbonyl (C=O) groups excluding carboxylic acids is 1. The molecule has 0 saturated heterocycles. The van der Waals surface area contributed by atoms with Gasteiger partial charge in [0.2, 0.25) is 5.91 Å². The summed E-state index contributed by atoms with van der Waals surface area (Å²) in [6, 6.07) is 15.4. The topological polar surface area (TPSA) is 84.0 Å². The fourth-order valence-electron chi connectivity index (χ4n) is 2.52. The summed E-state index contributed by atoms with van der Waals surface area (Å²) in [4.78, 5) is 16.2. The number of carbonyl (C=O) groups is 1. The number of benzene rings is 2. The first-order valence-electron chi connectivity index (χ1n) is 9.21. The van der Waals surface area contributed by atoms with E-state index < -0.39 is 0 Å². The lowest BCUT2D eigenvalue weighted by molar-refractivity contribution is -0.120. The number of nitrogens with zero attached hydrogens (tertiary/aromatic N) is 1. The SMILES string of the molecule is CCOc1ccccc1CNC(=NC)NCC(=O)NCc1ccc(OC)cc1.I. The second kappa shape index (κ2) is 13.6. The van der Waals surface area contributed by atoms with Crippen LogP contribution in [-0.4, -0.2) is 39.2 Å². The lowest BCUT2D eigenvalue weighted by Gasteiger charge is -2.14. The van der Waals surface area contributed by atoms with E-state index in [2.05, 4.69) is 20.9 Å². The summed E-state index contributed by atoms with van der Waals surface area (Å²) in [7, 11) is 3.29. The predicted octanol–water partition coefficient (Wildman–Crippen LogP) is 2.69. The van der Waals surface area contributed by atoms with Crippen LogP contribution in [0.2, 0.25) is 0 Å². The molecule has 0 aliphatic heterocycles. The van der Waals surface area contributed by atoms with Crippen molar-refractivity contribution in [3.63, 3.8) is 0 Å². The molecule has 0 aliphatic rings. The van der Waals surface area contributed by atoms with Crippen LogP contribution in [0.5, 0.6) is 11.5 Å². The van der Waals surface area contributed by atoms with Crippen molar-refractivity contribution in [3.8, 4) is 11.5 Å². The summed E-state index contributed by atoms with van der Waals surface area (Å²) in [5.74, 6) is 2.06. The second-order valence-corrected chi connectivity index (χ2v) is 5.94. The molecule has 0 saturated carbocycles. The molecule has 2 aromatic rings. The zero-order chi connectivity index (χ0) is 20.2. The van der Waals surface area contributed by atoms with Gasteiger partial charge in [0, 0.05) is 25.7 Å². The molecule has 0 spiro atoms. The van der Waals surface area contributed by atoms with Crippen LogP contribution in [-0.2, 0) is 17.9 Å². The minimum atomic E-state index is -0.117. The summed E-state index contributed by atoms with van der Waals surface area (Å²) >= 11 is 0. The van der Waals surface area contributed by atoms with Crippen molar-refractivity contribution in [1.82, 2.24) is 16.0 Å². The van der Waals surface area contributed by atoms with Crippen LogP contribution in [0.25, 0.3) is 0 Å². The van der Waals surface area contributed by atoms with Crippen LogP contribution in [0, 0.1) is 0 Å². The molecule has 2 aromatic carbocycles. The van der Waals surface area contributed by atoms with Crippen LogP contribution in [0.15, 0.2) is 53.5 Å². The molecule has 2 rings (SSSR count). The summed E-state index contributed by atoms with van der Waals surface area (Å²) in [5, 5.41) is 9.07. The van der Waals surface area contributed by atoms with Gasteiger partial charge < -0.3 is 25.4 Å². The number of rotatable bonds is 9. The highest BCUT2D eigenvalue weighted by Gasteiger charge is 2.06. The Balaban J connectivity index is 0.00000420. The largest absolute Gasteiger partial charge is 0.497 e. The van der Waals surface area contributed by atoms with Gasteiger partial charge in [0.15, 0.2) is 5.96 Å². The highest BCUT2D eigenvalue weighted by Crippen LogP contribution is 2.17. The average molecular weight is 512 g/mol. The fraction of sp³-hybridized carbons (Fsp3) is 0.333. The van der Waals surface area contributed by atoms with E-state index in [0.717, 1.165) is 22.6 Å². The smallest absolute Gasteiger partial charge is 0.239 e. The van der Waals surface area contributed by atoms with Gasteiger partial charge in [-0.15, -0.1) is 24.0 Å². The third kappa shape index (κ3) is 8.59. The lowest BCUT2D eigenvalue weighted by Crippen LogP contribution is -2.42. The number of hydrogen-bond donors (Lipinski definition) is 3. The van der Waals surface area contributed by atoms with Crippen LogP contribution in [0.4, 0.5) is 0 Å². The van der Waals surface area contributed by atoms with E-state index >= 15 is 0 Å². The standard InChI is InChI=1S/C21H28N4O3.HI/c1-4-28-19-8-6-5-7-17(19)14-24-21(22-2)25-15-20(26)23-13-16-9-11-18(27-3)12-10-16;/h5-12H,4,13-15H2,1-3H3,(H,23,26)(H2,22,24,25);1H. The van der Waals surface area contributed by atoms with Crippen LogP contribution in [0.3, 0.4) is 0 Å².